The zero-order chi connectivity index (χ0) is 16.9. The highest BCUT2D eigenvalue weighted by atomic mass is 16.5. The van der Waals surface area contributed by atoms with E-state index in [0.717, 1.165) is 42.1 Å². The summed E-state index contributed by atoms with van der Waals surface area (Å²) in [6.07, 6.45) is 14.6. The topological polar surface area (TPSA) is 9.23 Å². The Bertz CT molecular complexity index is 494. The Morgan fingerprint density at radius 1 is 1.08 bits per heavy atom. The van der Waals surface area contributed by atoms with Crippen LogP contribution in [0.2, 0.25) is 0 Å². The Balaban J connectivity index is 1.55. The van der Waals surface area contributed by atoms with Gasteiger partial charge in [-0.15, -0.1) is 0 Å². The Morgan fingerprint density at radius 2 is 1.92 bits per heavy atom. The normalized spacial score (nSPS) is 52.7. The summed E-state index contributed by atoms with van der Waals surface area (Å²) in [4.78, 5) is 0. The molecule has 1 heteroatoms. The predicted octanol–water partition coefficient (Wildman–Crippen LogP) is 6.24. The first kappa shape index (κ1) is 17.1. The molecule has 4 saturated carbocycles. The van der Waals surface area contributed by atoms with Crippen LogP contribution in [0.4, 0.5) is 0 Å². The molecule has 0 aromatic carbocycles. The van der Waals surface area contributed by atoms with E-state index in [9.17, 15) is 0 Å². The van der Waals surface area contributed by atoms with Gasteiger partial charge in [-0.25, -0.2) is 0 Å². The van der Waals surface area contributed by atoms with Crippen molar-refractivity contribution in [1.29, 1.82) is 0 Å². The van der Waals surface area contributed by atoms with Gasteiger partial charge in [0.05, 0.1) is 6.10 Å². The minimum absolute atomic E-state index is 0.540. The van der Waals surface area contributed by atoms with Gasteiger partial charge >= 0.3 is 0 Å². The van der Waals surface area contributed by atoms with Crippen molar-refractivity contribution < 1.29 is 4.74 Å². The molecular formula is C23H38O. The maximum atomic E-state index is 6.16. The fourth-order valence-corrected chi connectivity index (χ4v) is 7.79. The maximum absolute atomic E-state index is 6.16. The van der Waals surface area contributed by atoms with Crippen LogP contribution in [0, 0.1) is 40.9 Å². The summed E-state index contributed by atoms with van der Waals surface area (Å²) < 4.78 is 6.16. The quantitative estimate of drug-likeness (QED) is 0.545. The monoisotopic (exact) mass is 330 g/mol. The molecule has 1 nitrogen and oxygen atoms in total. The van der Waals surface area contributed by atoms with Crippen molar-refractivity contribution in [3.05, 3.63) is 11.6 Å². The van der Waals surface area contributed by atoms with Gasteiger partial charge in [0.2, 0.25) is 0 Å². The molecule has 4 aliphatic rings. The first-order chi connectivity index (χ1) is 11.6. The van der Waals surface area contributed by atoms with Gasteiger partial charge in [-0.1, -0.05) is 25.5 Å². The Kier molecular flexibility index (Phi) is 4.61. The van der Waals surface area contributed by atoms with E-state index in [-0.39, 0.29) is 0 Å². The molecule has 0 saturated heterocycles. The molecule has 8 atom stereocenters. The third kappa shape index (κ3) is 2.52. The summed E-state index contributed by atoms with van der Waals surface area (Å²) in [7, 11) is 0. The molecule has 24 heavy (non-hydrogen) atoms. The molecule has 4 fully saturated rings. The van der Waals surface area contributed by atoms with Gasteiger partial charge in [-0.3, -0.25) is 0 Å². The van der Waals surface area contributed by atoms with E-state index in [1.165, 1.54) is 51.4 Å². The second-order valence-corrected chi connectivity index (χ2v) is 9.69. The lowest BCUT2D eigenvalue weighted by atomic mass is 9.49. The molecule has 0 spiro atoms. The van der Waals surface area contributed by atoms with Crippen LogP contribution in [0.1, 0.15) is 79.1 Å². The Labute approximate surface area is 149 Å². The zero-order valence-electron chi connectivity index (χ0n) is 16.4. The highest BCUT2D eigenvalue weighted by molar-refractivity contribution is 5.23. The first-order valence-electron chi connectivity index (χ1n) is 10.9. The molecule has 136 valence electrons. The first-order valence-corrected chi connectivity index (χ1v) is 10.9. The molecule has 0 N–H and O–H groups in total. The molecule has 4 rings (SSSR count). The smallest absolute Gasteiger partial charge is 0.0603 e. The lowest BCUT2D eigenvalue weighted by Gasteiger charge is -2.56. The SMILES string of the molecule is C/C=C1/CCC2C3CCC4CC(C)C(OCC)CC4C3CCC12C. The zero-order valence-corrected chi connectivity index (χ0v) is 16.4. The lowest BCUT2D eigenvalue weighted by Crippen LogP contribution is -2.49. The van der Waals surface area contributed by atoms with Crippen LogP contribution < -0.4 is 0 Å². The summed E-state index contributed by atoms with van der Waals surface area (Å²) in [5.41, 5.74) is 2.34. The summed E-state index contributed by atoms with van der Waals surface area (Å²) in [5, 5.41) is 0. The van der Waals surface area contributed by atoms with Crippen molar-refractivity contribution in [3.63, 3.8) is 0 Å². The highest BCUT2D eigenvalue weighted by Gasteiger charge is 2.55. The molecule has 8 unspecified atom stereocenters. The van der Waals surface area contributed by atoms with Gasteiger partial charge < -0.3 is 4.74 Å². The molecule has 0 amide bonds. The van der Waals surface area contributed by atoms with E-state index in [1.807, 2.05) is 0 Å². The van der Waals surface area contributed by atoms with E-state index >= 15 is 0 Å². The van der Waals surface area contributed by atoms with Crippen LogP contribution >= 0.6 is 0 Å². The second-order valence-electron chi connectivity index (χ2n) is 9.69. The number of rotatable bonds is 2. The summed E-state index contributed by atoms with van der Waals surface area (Å²) >= 11 is 0. The standard InChI is InChI=1S/C23H38O/c1-5-17-8-10-21-19-9-7-16-13-15(3)22(24-6-2)14-20(16)18(19)11-12-23(17,21)4/h5,15-16,18-22H,6-14H2,1-4H3/b17-5-. The van der Waals surface area contributed by atoms with Crippen LogP contribution in [-0.4, -0.2) is 12.7 Å². The largest absolute Gasteiger partial charge is 0.378 e. The summed E-state index contributed by atoms with van der Waals surface area (Å²) in [6.45, 7) is 10.4. The molecule has 0 aromatic rings. The van der Waals surface area contributed by atoms with Gasteiger partial charge in [0.25, 0.3) is 0 Å². The molecule has 0 radical (unpaired) electrons. The van der Waals surface area contributed by atoms with E-state index in [2.05, 4.69) is 33.8 Å². The van der Waals surface area contributed by atoms with Gasteiger partial charge in [0, 0.05) is 6.61 Å². The minimum atomic E-state index is 0.540. The fourth-order valence-electron chi connectivity index (χ4n) is 7.79. The van der Waals surface area contributed by atoms with E-state index in [1.54, 1.807) is 5.57 Å². The van der Waals surface area contributed by atoms with E-state index in [0.29, 0.717) is 11.5 Å². The highest BCUT2D eigenvalue weighted by Crippen LogP contribution is 2.64. The number of hydrogen-bond acceptors (Lipinski definition) is 1. The maximum Gasteiger partial charge on any atom is 0.0603 e. The van der Waals surface area contributed by atoms with Gasteiger partial charge in [0.15, 0.2) is 0 Å². The number of allylic oxidation sites excluding steroid dienone is 2. The average molecular weight is 331 g/mol. The van der Waals surface area contributed by atoms with Gasteiger partial charge in [-0.05, 0) is 106 Å². The molecule has 4 aliphatic carbocycles. The van der Waals surface area contributed by atoms with E-state index < -0.39 is 0 Å². The Morgan fingerprint density at radius 3 is 2.67 bits per heavy atom. The third-order valence-corrected chi connectivity index (χ3v) is 8.91. The van der Waals surface area contributed by atoms with E-state index in [4.69, 9.17) is 4.74 Å². The van der Waals surface area contributed by atoms with Crippen molar-refractivity contribution >= 4 is 0 Å². The number of fused-ring (bicyclic) bond motifs is 5. The minimum Gasteiger partial charge on any atom is -0.378 e. The van der Waals surface area contributed by atoms with Crippen LogP contribution in [0.25, 0.3) is 0 Å². The molecule has 0 aromatic heterocycles. The van der Waals surface area contributed by atoms with Gasteiger partial charge in [0.1, 0.15) is 0 Å². The van der Waals surface area contributed by atoms with Crippen molar-refractivity contribution in [1.82, 2.24) is 0 Å². The summed E-state index contributed by atoms with van der Waals surface area (Å²) in [5.74, 6) is 5.75. The van der Waals surface area contributed by atoms with Crippen LogP contribution in [0.15, 0.2) is 11.6 Å². The van der Waals surface area contributed by atoms with Crippen LogP contribution in [0.5, 0.6) is 0 Å². The van der Waals surface area contributed by atoms with Crippen molar-refractivity contribution in [2.24, 2.45) is 40.9 Å². The second kappa shape index (κ2) is 6.45. The number of ether oxygens (including phenoxy) is 1. The predicted molar refractivity (Wildman–Crippen MR) is 101 cm³/mol. The van der Waals surface area contributed by atoms with Crippen molar-refractivity contribution in [3.8, 4) is 0 Å². The molecule has 0 aliphatic heterocycles. The average Bonchev–Trinajstić information content (AvgIpc) is 2.92. The Hall–Kier alpha value is -0.300. The van der Waals surface area contributed by atoms with Crippen molar-refractivity contribution in [2.45, 2.75) is 85.2 Å². The summed E-state index contributed by atoms with van der Waals surface area (Å²) in [6, 6.07) is 0. The van der Waals surface area contributed by atoms with Gasteiger partial charge in [-0.2, -0.15) is 0 Å². The molecular weight excluding hydrogens is 292 g/mol. The molecule has 0 heterocycles. The molecule has 0 bridgehead atoms. The van der Waals surface area contributed by atoms with Crippen LogP contribution in [0.3, 0.4) is 0 Å². The van der Waals surface area contributed by atoms with Crippen molar-refractivity contribution in [2.75, 3.05) is 6.61 Å². The van der Waals surface area contributed by atoms with Crippen LogP contribution in [-0.2, 0) is 4.74 Å². The number of hydrogen-bond donors (Lipinski definition) is 0. The lowest BCUT2D eigenvalue weighted by molar-refractivity contribution is -0.0966. The fraction of sp³-hybridized carbons (Fsp3) is 0.913. The third-order valence-electron chi connectivity index (χ3n) is 8.91.